The maximum Gasteiger partial charge on any atom is 0.261 e. The number of hydrogen-bond acceptors (Lipinski definition) is 10. The topological polar surface area (TPSA) is 158 Å². The summed E-state index contributed by atoms with van der Waals surface area (Å²) in [5, 5.41) is 20.3. The molecular weight excluding hydrogens is 631 g/mol. The molecule has 2 N–H and O–H groups in total. The van der Waals surface area contributed by atoms with Crippen LogP contribution in [0, 0.1) is 0 Å². The number of ether oxygens (including phenoxy) is 1. The number of aromatic hydroxyl groups is 1. The normalized spacial score (nSPS) is 14.1. The third-order valence-corrected chi connectivity index (χ3v) is 10.1. The zero-order valence-electron chi connectivity index (χ0n) is 25.9. The molecule has 1 heterocycles. The molecule has 0 saturated carbocycles. The molecule has 0 aromatic heterocycles. The summed E-state index contributed by atoms with van der Waals surface area (Å²) in [4.78, 5) is 16.4. The van der Waals surface area contributed by atoms with E-state index in [9.17, 15) is 26.7 Å². The number of fused-ring (bicyclic) bond motifs is 1. The van der Waals surface area contributed by atoms with E-state index in [0.717, 1.165) is 11.8 Å². The number of nitrogens with one attached hydrogen (secondary N) is 1. The Bertz CT molecular complexity index is 2060. The first-order chi connectivity index (χ1) is 21.8. The number of rotatable bonds is 9. The summed E-state index contributed by atoms with van der Waals surface area (Å²) in [6.45, 7) is 3.94. The van der Waals surface area contributed by atoms with Gasteiger partial charge in [0.25, 0.3) is 15.9 Å². The molecule has 242 valence electrons. The van der Waals surface area contributed by atoms with Gasteiger partial charge in [-0.15, -0.1) is 5.11 Å². The minimum absolute atomic E-state index is 0.0596. The van der Waals surface area contributed by atoms with Gasteiger partial charge in [0.05, 0.1) is 51.3 Å². The van der Waals surface area contributed by atoms with Gasteiger partial charge in [0.15, 0.2) is 9.84 Å². The Balaban J connectivity index is 1.65. The van der Waals surface area contributed by atoms with E-state index >= 15 is 0 Å². The largest absolute Gasteiger partial charge is 0.506 e. The molecule has 46 heavy (non-hydrogen) atoms. The minimum atomic E-state index is -4.07. The van der Waals surface area contributed by atoms with E-state index in [1.54, 1.807) is 36.4 Å². The van der Waals surface area contributed by atoms with Gasteiger partial charge in [0.2, 0.25) is 0 Å². The first-order valence-corrected chi connectivity index (χ1v) is 17.9. The van der Waals surface area contributed by atoms with Crippen LogP contribution in [0.3, 0.4) is 0 Å². The Hall–Kier alpha value is -4.53. The number of benzene rings is 4. The number of phenolic OH excluding ortho intramolecular Hbond substituents is 1. The van der Waals surface area contributed by atoms with Crippen molar-refractivity contribution in [2.45, 2.75) is 23.1 Å². The van der Waals surface area contributed by atoms with Crippen LogP contribution in [-0.2, 0) is 31.0 Å². The molecule has 0 unspecified atom stereocenters. The molecular formula is C32H35N5O7S2. The molecule has 1 amide bonds. The summed E-state index contributed by atoms with van der Waals surface area (Å²) < 4.78 is 60.6. The van der Waals surface area contributed by atoms with Crippen molar-refractivity contribution in [1.82, 2.24) is 4.90 Å². The molecule has 1 aliphatic rings. The molecule has 1 fully saturated rings. The molecule has 14 heteroatoms. The second kappa shape index (κ2) is 13.1. The fraction of sp³-hybridized carbons (Fsp3) is 0.281. The third kappa shape index (κ3) is 6.83. The number of anilines is 2. The highest BCUT2D eigenvalue weighted by Crippen LogP contribution is 2.42. The van der Waals surface area contributed by atoms with Gasteiger partial charge in [-0.2, -0.15) is 5.11 Å². The summed E-state index contributed by atoms with van der Waals surface area (Å²) in [6.07, 6.45) is 1.77. The van der Waals surface area contributed by atoms with E-state index in [0.29, 0.717) is 38.4 Å². The van der Waals surface area contributed by atoms with Gasteiger partial charge in [0.1, 0.15) is 5.75 Å². The van der Waals surface area contributed by atoms with Gasteiger partial charge in [-0.3, -0.25) is 9.52 Å². The predicted octanol–water partition coefficient (Wildman–Crippen LogP) is 5.27. The Morgan fingerprint density at radius 1 is 0.978 bits per heavy atom. The Morgan fingerprint density at radius 3 is 2.37 bits per heavy atom. The van der Waals surface area contributed by atoms with Gasteiger partial charge in [-0.25, -0.2) is 16.8 Å². The number of amides is 1. The average Bonchev–Trinajstić information content (AvgIpc) is 3.04. The highest BCUT2D eigenvalue weighted by molar-refractivity contribution is 7.92. The van der Waals surface area contributed by atoms with Gasteiger partial charge >= 0.3 is 0 Å². The Labute approximate surface area is 268 Å². The number of carbonyl (C=O) groups excluding carboxylic acids is 1. The van der Waals surface area contributed by atoms with E-state index in [1.165, 1.54) is 43.3 Å². The van der Waals surface area contributed by atoms with E-state index in [2.05, 4.69) is 15.0 Å². The van der Waals surface area contributed by atoms with Gasteiger partial charge in [0, 0.05) is 44.2 Å². The molecule has 0 aliphatic carbocycles. The lowest BCUT2D eigenvalue weighted by atomic mass is 10.0. The van der Waals surface area contributed by atoms with Crippen LogP contribution in [0.4, 0.5) is 22.7 Å². The van der Waals surface area contributed by atoms with Crippen molar-refractivity contribution in [1.29, 1.82) is 0 Å². The monoisotopic (exact) mass is 665 g/mol. The first kappa shape index (κ1) is 32.9. The maximum atomic E-state index is 13.5. The fourth-order valence-electron chi connectivity index (χ4n) is 5.19. The number of aryl methyl sites for hydroxylation is 1. The van der Waals surface area contributed by atoms with Crippen molar-refractivity contribution in [2.75, 3.05) is 56.3 Å². The number of azo groups is 1. The third-order valence-electron chi connectivity index (χ3n) is 7.58. The number of sulfonamides is 1. The van der Waals surface area contributed by atoms with Crippen molar-refractivity contribution in [3.63, 3.8) is 0 Å². The average molecular weight is 666 g/mol. The van der Waals surface area contributed by atoms with E-state index < -0.39 is 25.8 Å². The van der Waals surface area contributed by atoms with Crippen molar-refractivity contribution in [3.05, 3.63) is 77.9 Å². The Kier molecular flexibility index (Phi) is 9.33. The molecule has 0 bridgehead atoms. The highest BCUT2D eigenvalue weighted by Gasteiger charge is 2.24. The van der Waals surface area contributed by atoms with Crippen LogP contribution in [0.1, 0.15) is 22.8 Å². The van der Waals surface area contributed by atoms with Crippen LogP contribution < -0.4 is 9.62 Å². The fourth-order valence-corrected chi connectivity index (χ4v) is 7.24. The molecule has 4 aromatic carbocycles. The second-order valence-electron chi connectivity index (χ2n) is 11.0. The van der Waals surface area contributed by atoms with Crippen LogP contribution >= 0.6 is 0 Å². The quantitative estimate of drug-likeness (QED) is 0.229. The number of hydrogen-bond donors (Lipinski definition) is 2. The molecule has 12 nitrogen and oxygen atoms in total. The number of carbonyl (C=O) groups is 1. The first-order valence-electron chi connectivity index (χ1n) is 14.5. The molecule has 1 saturated heterocycles. The molecule has 0 atom stereocenters. The van der Waals surface area contributed by atoms with E-state index in [4.69, 9.17) is 4.74 Å². The van der Waals surface area contributed by atoms with Crippen LogP contribution in [0.2, 0.25) is 0 Å². The maximum absolute atomic E-state index is 13.5. The number of nitrogens with zero attached hydrogens (tertiary/aromatic N) is 4. The SMILES string of the molecule is CCc1cccc(S(=O)(=O)Nc2cccc3c(O)c(C(=O)N(C)C)cc(N=Nc4ccc(N5CCOCC5)c(S(C)(=O)=O)c4)c23)c1. The summed E-state index contributed by atoms with van der Waals surface area (Å²) in [5.41, 5.74) is 1.70. The van der Waals surface area contributed by atoms with Crippen LogP contribution in [-0.4, -0.2) is 79.4 Å². The minimum Gasteiger partial charge on any atom is -0.506 e. The smallest absolute Gasteiger partial charge is 0.261 e. The van der Waals surface area contributed by atoms with Crippen molar-refractivity contribution >= 4 is 59.3 Å². The lowest BCUT2D eigenvalue weighted by molar-refractivity contribution is 0.0825. The zero-order valence-corrected chi connectivity index (χ0v) is 27.5. The van der Waals surface area contributed by atoms with E-state index in [1.807, 2.05) is 17.9 Å². The van der Waals surface area contributed by atoms with Gasteiger partial charge in [-0.05, 0) is 54.4 Å². The van der Waals surface area contributed by atoms with Crippen LogP contribution in [0.25, 0.3) is 10.8 Å². The molecule has 0 spiro atoms. The summed E-state index contributed by atoms with van der Waals surface area (Å²) >= 11 is 0. The van der Waals surface area contributed by atoms with Crippen LogP contribution in [0.5, 0.6) is 5.75 Å². The Morgan fingerprint density at radius 2 is 1.70 bits per heavy atom. The standard InChI is InChI=1S/C32H35N5O7S2/c1-5-21-8-6-9-23(18-21)46(42,43)35-26-11-7-10-24-30(26)27(20-25(31(24)38)32(39)36(2)3)34-33-22-12-13-28(29(19-22)45(4,40)41)37-14-16-44-17-15-37/h6-13,18-20,35,38H,5,14-17H2,1-4H3. The number of morpholine rings is 1. The van der Waals surface area contributed by atoms with Crippen molar-refractivity contribution < 1.29 is 31.5 Å². The lowest BCUT2D eigenvalue weighted by Crippen LogP contribution is -2.36. The second-order valence-corrected chi connectivity index (χ2v) is 14.7. The lowest BCUT2D eigenvalue weighted by Gasteiger charge is -2.30. The summed E-state index contributed by atoms with van der Waals surface area (Å²) in [5.74, 6) is -0.858. The highest BCUT2D eigenvalue weighted by atomic mass is 32.2. The molecule has 4 aromatic rings. The van der Waals surface area contributed by atoms with Crippen LogP contribution in [0.15, 0.2) is 86.7 Å². The van der Waals surface area contributed by atoms with E-state index in [-0.39, 0.29) is 48.9 Å². The predicted molar refractivity (Wildman–Crippen MR) is 177 cm³/mol. The van der Waals surface area contributed by atoms with Gasteiger partial charge < -0.3 is 19.6 Å². The zero-order chi connectivity index (χ0) is 33.2. The summed E-state index contributed by atoms with van der Waals surface area (Å²) in [6, 6.07) is 17.2. The molecule has 5 rings (SSSR count). The van der Waals surface area contributed by atoms with Crippen molar-refractivity contribution in [2.24, 2.45) is 10.2 Å². The number of sulfone groups is 1. The molecule has 1 aliphatic heterocycles. The molecule has 0 radical (unpaired) electrons. The summed E-state index contributed by atoms with van der Waals surface area (Å²) in [7, 11) is -4.66. The van der Waals surface area contributed by atoms with Crippen molar-refractivity contribution in [3.8, 4) is 5.75 Å². The van der Waals surface area contributed by atoms with Gasteiger partial charge in [-0.1, -0.05) is 31.2 Å². The number of phenols is 1.